The minimum atomic E-state index is -0.789. The minimum Gasteiger partial charge on any atom is -0.457 e. The normalized spacial score (nSPS) is 17.6. The van der Waals surface area contributed by atoms with E-state index in [4.69, 9.17) is 9.47 Å². The Balaban J connectivity index is 1.50. The number of esters is 1. The number of aryl methyl sites for hydroxylation is 1. The molecule has 1 aliphatic heterocycles. The van der Waals surface area contributed by atoms with Crippen LogP contribution in [0.2, 0.25) is 0 Å². The summed E-state index contributed by atoms with van der Waals surface area (Å²) < 4.78 is 12.2. The SMILES string of the molecule is COCCn1c(C)cc(C(=O)COC(=O)CCN2C(=O)NC3(CCCC3)C2=O)c1C. The number of methoxy groups -OCH3 is 1. The summed E-state index contributed by atoms with van der Waals surface area (Å²) in [4.78, 5) is 50.4. The van der Waals surface area contributed by atoms with Crippen LogP contribution in [0.4, 0.5) is 4.79 Å². The molecule has 164 valence electrons. The van der Waals surface area contributed by atoms with Crippen LogP contribution in [0.25, 0.3) is 0 Å². The molecule has 2 fully saturated rings. The van der Waals surface area contributed by atoms with Crippen molar-refractivity contribution in [3.8, 4) is 0 Å². The summed E-state index contributed by atoms with van der Waals surface area (Å²) >= 11 is 0. The lowest BCUT2D eigenvalue weighted by atomic mass is 9.98. The molecule has 1 N–H and O–H groups in total. The van der Waals surface area contributed by atoms with Crippen molar-refractivity contribution >= 4 is 23.7 Å². The van der Waals surface area contributed by atoms with E-state index in [0.29, 0.717) is 31.6 Å². The zero-order valence-electron chi connectivity index (χ0n) is 17.8. The zero-order valence-corrected chi connectivity index (χ0v) is 17.8. The number of nitrogens with one attached hydrogen (secondary N) is 1. The molecule has 1 aromatic rings. The third kappa shape index (κ3) is 4.26. The molecule has 1 saturated carbocycles. The zero-order chi connectivity index (χ0) is 21.9. The van der Waals surface area contributed by atoms with Gasteiger partial charge in [-0.15, -0.1) is 0 Å². The number of rotatable bonds is 9. The molecule has 3 amide bonds. The number of nitrogens with zero attached hydrogens (tertiary/aromatic N) is 2. The van der Waals surface area contributed by atoms with Gasteiger partial charge in [0, 0.05) is 37.2 Å². The fourth-order valence-electron chi connectivity index (χ4n) is 4.31. The number of carbonyl (C=O) groups is 4. The summed E-state index contributed by atoms with van der Waals surface area (Å²) in [5, 5.41) is 2.77. The van der Waals surface area contributed by atoms with E-state index in [2.05, 4.69) is 5.32 Å². The molecule has 30 heavy (non-hydrogen) atoms. The average Bonchev–Trinajstić information content (AvgIpc) is 3.36. The van der Waals surface area contributed by atoms with Crippen molar-refractivity contribution in [3.05, 3.63) is 23.0 Å². The number of urea groups is 1. The first-order valence-electron chi connectivity index (χ1n) is 10.3. The largest absolute Gasteiger partial charge is 0.457 e. The molecule has 0 atom stereocenters. The van der Waals surface area contributed by atoms with Gasteiger partial charge in [0.25, 0.3) is 5.91 Å². The minimum absolute atomic E-state index is 0.0506. The van der Waals surface area contributed by atoms with E-state index in [0.717, 1.165) is 29.1 Å². The van der Waals surface area contributed by atoms with Gasteiger partial charge in [-0.1, -0.05) is 12.8 Å². The highest BCUT2D eigenvalue weighted by atomic mass is 16.5. The van der Waals surface area contributed by atoms with Gasteiger partial charge in [0.1, 0.15) is 5.54 Å². The molecular formula is C21H29N3O6. The molecule has 2 heterocycles. The topological polar surface area (TPSA) is 107 Å². The Labute approximate surface area is 175 Å². The van der Waals surface area contributed by atoms with Crippen LogP contribution in [0.5, 0.6) is 0 Å². The van der Waals surface area contributed by atoms with Gasteiger partial charge >= 0.3 is 12.0 Å². The lowest BCUT2D eigenvalue weighted by Gasteiger charge is -2.19. The van der Waals surface area contributed by atoms with Crippen LogP contribution in [-0.4, -0.2) is 65.6 Å². The van der Waals surface area contributed by atoms with Crippen molar-refractivity contribution in [2.24, 2.45) is 0 Å². The summed E-state index contributed by atoms with van der Waals surface area (Å²) in [6, 6.07) is 1.31. The highest BCUT2D eigenvalue weighted by Gasteiger charge is 2.52. The first-order chi connectivity index (χ1) is 14.3. The lowest BCUT2D eigenvalue weighted by Crippen LogP contribution is -2.44. The van der Waals surface area contributed by atoms with Crippen LogP contribution in [0.3, 0.4) is 0 Å². The summed E-state index contributed by atoms with van der Waals surface area (Å²) in [6.45, 7) is 4.48. The number of ketones is 1. The first kappa shape index (κ1) is 22.0. The van der Waals surface area contributed by atoms with Gasteiger partial charge in [-0.25, -0.2) is 4.79 Å². The summed E-state index contributed by atoms with van der Waals surface area (Å²) in [5.74, 6) is -1.18. The smallest absolute Gasteiger partial charge is 0.325 e. The molecule has 0 aromatic carbocycles. The van der Waals surface area contributed by atoms with Gasteiger partial charge in [0.15, 0.2) is 6.61 Å². The van der Waals surface area contributed by atoms with E-state index in [-0.39, 0.29) is 31.3 Å². The van der Waals surface area contributed by atoms with Crippen molar-refractivity contribution in [2.75, 3.05) is 26.9 Å². The maximum atomic E-state index is 12.6. The van der Waals surface area contributed by atoms with Gasteiger partial charge in [0.05, 0.1) is 13.0 Å². The van der Waals surface area contributed by atoms with Crippen LogP contribution in [0.1, 0.15) is 53.8 Å². The number of ether oxygens (including phenoxy) is 2. The van der Waals surface area contributed by atoms with Crippen molar-refractivity contribution in [1.82, 2.24) is 14.8 Å². The van der Waals surface area contributed by atoms with Crippen molar-refractivity contribution in [1.29, 1.82) is 0 Å². The van der Waals surface area contributed by atoms with Gasteiger partial charge in [-0.05, 0) is 32.8 Å². The number of hydrogen-bond acceptors (Lipinski definition) is 6. The third-order valence-corrected chi connectivity index (χ3v) is 6.00. The summed E-state index contributed by atoms with van der Waals surface area (Å²) in [6.07, 6.45) is 2.92. The Morgan fingerprint density at radius 3 is 2.53 bits per heavy atom. The van der Waals surface area contributed by atoms with Crippen LogP contribution in [-0.2, 0) is 25.6 Å². The van der Waals surface area contributed by atoms with E-state index >= 15 is 0 Å². The van der Waals surface area contributed by atoms with Gasteiger partial charge in [-0.3, -0.25) is 19.3 Å². The molecule has 2 aliphatic rings. The summed E-state index contributed by atoms with van der Waals surface area (Å²) in [5.41, 5.74) is 1.45. The lowest BCUT2D eigenvalue weighted by molar-refractivity contribution is -0.143. The van der Waals surface area contributed by atoms with Crippen LogP contribution >= 0.6 is 0 Å². The van der Waals surface area contributed by atoms with E-state index in [9.17, 15) is 19.2 Å². The monoisotopic (exact) mass is 419 g/mol. The number of amides is 3. The van der Waals surface area contributed by atoms with Gasteiger partial charge in [0.2, 0.25) is 5.78 Å². The molecule has 1 aromatic heterocycles. The van der Waals surface area contributed by atoms with Gasteiger partial charge < -0.3 is 19.4 Å². The molecule has 9 heteroatoms. The second-order valence-electron chi connectivity index (χ2n) is 7.94. The molecule has 0 unspecified atom stereocenters. The van der Waals surface area contributed by atoms with Crippen molar-refractivity contribution < 1.29 is 28.7 Å². The summed E-state index contributed by atoms with van der Waals surface area (Å²) in [7, 11) is 1.62. The van der Waals surface area contributed by atoms with E-state index in [1.165, 1.54) is 0 Å². The van der Waals surface area contributed by atoms with Crippen molar-refractivity contribution in [2.45, 2.75) is 58.0 Å². The van der Waals surface area contributed by atoms with Crippen LogP contribution in [0.15, 0.2) is 6.07 Å². The maximum absolute atomic E-state index is 12.6. The molecule has 0 bridgehead atoms. The quantitative estimate of drug-likeness (QED) is 0.371. The Morgan fingerprint density at radius 2 is 1.87 bits per heavy atom. The number of Topliss-reactive ketones (excluding diaryl/α,β-unsaturated/α-hetero) is 1. The number of imide groups is 1. The van der Waals surface area contributed by atoms with Crippen LogP contribution in [0, 0.1) is 13.8 Å². The molecule has 1 saturated heterocycles. The van der Waals surface area contributed by atoms with Crippen molar-refractivity contribution in [3.63, 3.8) is 0 Å². The molecular weight excluding hydrogens is 390 g/mol. The predicted octanol–water partition coefficient (Wildman–Crippen LogP) is 1.73. The fraction of sp³-hybridized carbons (Fsp3) is 0.619. The second-order valence-corrected chi connectivity index (χ2v) is 7.94. The fourth-order valence-corrected chi connectivity index (χ4v) is 4.31. The maximum Gasteiger partial charge on any atom is 0.325 e. The first-order valence-corrected chi connectivity index (χ1v) is 10.3. The average molecular weight is 419 g/mol. The molecule has 1 aliphatic carbocycles. The Bertz CT molecular complexity index is 853. The number of hydrogen-bond donors (Lipinski definition) is 1. The standard InChI is InChI=1S/C21H29N3O6/c1-14-12-16(15(2)23(14)10-11-29-3)17(25)13-30-18(26)6-9-24-19(27)21(22-20(24)28)7-4-5-8-21/h12H,4-11,13H2,1-3H3,(H,22,28). The van der Waals surface area contributed by atoms with Crippen LogP contribution < -0.4 is 5.32 Å². The second kappa shape index (κ2) is 8.99. The predicted molar refractivity (Wildman–Crippen MR) is 107 cm³/mol. The highest BCUT2D eigenvalue weighted by Crippen LogP contribution is 2.35. The third-order valence-electron chi connectivity index (χ3n) is 6.00. The Kier molecular flexibility index (Phi) is 6.60. The number of carbonyl (C=O) groups excluding carboxylic acids is 4. The Hall–Kier alpha value is -2.68. The molecule has 0 radical (unpaired) electrons. The highest BCUT2D eigenvalue weighted by molar-refractivity contribution is 6.07. The van der Waals surface area contributed by atoms with E-state index in [1.807, 2.05) is 18.4 Å². The Morgan fingerprint density at radius 1 is 1.17 bits per heavy atom. The van der Waals surface area contributed by atoms with Gasteiger partial charge in [-0.2, -0.15) is 0 Å². The molecule has 3 rings (SSSR count). The number of aromatic nitrogens is 1. The molecule has 9 nitrogen and oxygen atoms in total. The van der Waals surface area contributed by atoms with E-state index < -0.39 is 17.5 Å². The molecule has 1 spiro atoms. The van der Waals surface area contributed by atoms with E-state index in [1.54, 1.807) is 13.2 Å².